The average molecular weight is 243 g/mol. The molecule has 1 rings (SSSR count). The summed E-state index contributed by atoms with van der Waals surface area (Å²) in [5.74, 6) is 0.846. The van der Waals surface area contributed by atoms with Gasteiger partial charge in [-0.15, -0.1) is 0 Å². The quantitative estimate of drug-likeness (QED) is 0.764. The normalized spacial score (nSPS) is 23.4. The summed E-state index contributed by atoms with van der Waals surface area (Å²) < 4.78 is 6.21. The average Bonchev–Trinajstić information content (AvgIpc) is 2.17. The van der Waals surface area contributed by atoms with E-state index in [4.69, 9.17) is 4.43 Å². The second-order valence-corrected chi connectivity index (χ2v) is 11.4. The molecular formula is C13H29NOSi. The van der Waals surface area contributed by atoms with Crippen LogP contribution in [0.5, 0.6) is 0 Å². The standard InChI is InChI=1S/C13H29NOSi/c1-13(2,3)16(4,5)15-10-8-12-7-6-9-14-11-12/h12,14H,6-11H2,1-5H3. The van der Waals surface area contributed by atoms with E-state index in [1.54, 1.807) is 0 Å². The minimum Gasteiger partial charge on any atom is -0.417 e. The topological polar surface area (TPSA) is 21.3 Å². The summed E-state index contributed by atoms with van der Waals surface area (Å²) >= 11 is 0. The molecule has 1 saturated heterocycles. The third-order valence-electron chi connectivity index (χ3n) is 4.19. The largest absolute Gasteiger partial charge is 0.417 e. The van der Waals surface area contributed by atoms with Crippen LogP contribution in [-0.2, 0) is 4.43 Å². The Morgan fingerprint density at radius 3 is 2.50 bits per heavy atom. The zero-order valence-electron chi connectivity index (χ0n) is 11.7. The molecule has 3 heteroatoms. The Kier molecular flexibility index (Phi) is 5.01. The van der Waals surface area contributed by atoms with Gasteiger partial charge in [-0.25, -0.2) is 0 Å². The Morgan fingerprint density at radius 2 is 2.00 bits per heavy atom. The second kappa shape index (κ2) is 5.65. The number of hydrogen-bond acceptors (Lipinski definition) is 2. The van der Waals surface area contributed by atoms with Crippen molar-refractivity contribution in [3.05, 3.63) is 0 Å². The summed E-state index contributed by atoms with van der Waals surface area (Å²) in [5, 5.41) is 3.81. The maximum Gasteiger partial charge on any atom is 0.191 e. The number of piperidine rings is 1. The summed E-state index contributed by atoms with van der Waals surface area (Å²) in [5.41, 5.74) is 0. The molecule has 0 aromatic heterocycles. The first-order chi connectivity index (χ1) is 7.33. The maximum atomic E-state index is 6.21. The molecule has 1 fully saturated rings. The minimum absolute atomic E-state index is 0.345. The first-order valence-corrected chi connectivity index (χ1v) is 9.58. The number of hydrogen-bond donors (Lipinski definition) is 1. The van der Waals surface area contributed by atoms with Crippen molar-refractivity contribution in [3.8, 4) is 0 Å². The minimum atomic E-state index is -1.51. The molecule has 0 aliphatic carbocycles. The van der Waals surface area contributed by atoms with Crippen LogP contribution in [0.4, 0.5) is 0 Å². The van der Waals surface area contributed by atoms with Gasteiger partial charge in [0.2, 0.25) is 0 Å². The van der Waals surface area contributed by atoms with Crippen LogP contribution >= 0.6 is 0 Å². The molecule has 16 heavy (non-hydrogen) atoms. The molecule has 1 N–H and O–H groups in total. The van der Waals surface area contributed by atoms with Crippen molar-refractivity contribution in [2.24, 2.45) is 5.92 Å². The highest BCUT2D eigenvalue weighted by Gasteiger charge is 2.36. The van der Waals surface area contributed by atoms with Crippen LogP contribution in [0.2, 0.25) is 18.1 Å². The summed E-state index contributed by atoms with van der Waals surface area (Å²) in [6.07, 6.45) is 3.96. The number of nitrogens with one attached hydrogen (secondary N) is 1. The van der Waals surface area contributed by atoms with Crippen molar-refractivity contribution in [2.45, 2.75) is 58.2 Å². The van der Waals surface area contributed by atoms with E-state index >= 15 is 0 Å². The fourth-order valence-electron chi connectivity index (χ4n) is 1.87. The van der Waals surface area contributed by atoms with Crippen LogP contribution in [-0.4, -0.2) is 28.0 Å². The molecule has 0 aromatic carbocycles. The van der Waals surface area contributed by atoms with Gasteiger partial charge in [-0.3, -0.25) is 0 Å². The highest BCUT2D eigenvalue weighted by Crippen LogP contribution is 2.36. The van der Waals surface area contributed by atoms with E-state index in [0.29, 0.717) is 5.04 Å². The smallest absolute Gasteiger partial charge is 0.191 e. The lowest BCUT2D eigenvalue weighted by atomic mass is 9.97. The van der Waals surface area contributed by atoms with Gasteiger partial charge in [0, 0.05) is 6.61 Å². The van der Waals surface area contributed by atoms with Crippen molar-refractivity contribution >= 4 is 8.32 Å². The van der Waals surface area contributed by atoms with Gasteiger partial charge in [-0.2, -0.15) is 0 Å². The monoisotopic (exact) mass is 243 g/mol. The predicted octanol–water partition coefficient (Wildman–Crippen LogP) is 3.40. The Hall–Kier alpha value is 0.137. The zero-order valence-corrected chi connectivity index (χ0v) is 12.7. The van der Waals surface area contributed by atoms with E-state index in [-0.39, 0.29) is 0 Å². The Labute approximate surface area is 102 Å². The van der Waals surface area contributed by atoms with Crippen LogP contribution in [0.3, 0.4) is 0 Å². The number of rotatable bonds is 4. The fraction of sp³-hybridized carbons (Fsp3) is 1.00. The molecule has 1 heterocycles. The summed E-state index contributed by atoms with van der Waals surface area (Å²) in [7, 11) is -1.51. The Morgan fingerprint density at radius 1 is 1.31 bits per heavy atom. The van der Waals surface area contributed by atoms with Gasteiger partial charge in [0.25, 0.3) is 0 Å². The maximum absolute atomic E-state index is 6.21. The van der Waals surface area contributed by atoms with E-state index in [9.17, 15) is 0 Å². The lowest BCUT2D eigenvalue weighted by Gasteiger charge is -2.36. The molecule has 0 bridgehead atoms. The summed E-state index contributed by atoms with van der Waals surface area (Å²) in [6.45, 7) is 15.0. The van der Waals surface area contributed by atoms with Crippen molar-refractivity contribution in [2.75, 3.05) is 19.7 Å². The van der Waals surface area contributed by atoms with Crippen LogP contribution in [0, 0.1) is 5.92 Å². The first-order valence-electron chi connectivity index (χ1n) is 6.67. The molecule has 0 saturated carbocycles. The molecule has 1 unspecified atom stereocenters. The van der Waals surface area contributed by atoms with Gasteiger partial charge < -0.3 is 9.74 Å². The Balaban J connectivity index is 2.23. The fourth-order valence-corrected chi connectivity index (χ4v) is 2.93. The van der Waals surface area contributed by atoms with Crippen molar-refractivity contribution < 1.29 is 4.43 Å². The van der Waals surface area contributed by atoms with Crippen molar-refractivity contribution in [1.82, 2.24) is 5.32 Å². The second-order valence-electron chi connectivity index (χ2n) is 6.61. The highest BCUT2D eigenvalue weighted by atomic mass is 28.4. The van der Waals surface area contributed by atoms with Crippen LogP contribution < -0.4 is 5.32 Å². The predicted molar refractivity (Wildman–Crippen MR) is 73.4 cm³/mol. The molecule has 0 spiro atoms. The molecule has 0 amide bonds. The molecule has 0 radical (unpaired) electrons. The molecule has 96 valence electrons. The molecule has 1 atom stereocenters. The summed E-state index contributed by atoms with van der Waals surface area (Å²) in [4.78, 5) is 0. The molecular weight excluding hydrogens is 214 g/mol. The van der Waals surface area contributed by atoms with Gasteiger partial charge in [-0.05, 0) is 56.4 Å². The third-order valence-corrected chi connectivity index (χ3v) is 8.73. The van der Waals surface area contributed by atoms with Crippen molar-refractivity contribution in [1.29, 1.82) is 0 Å². The van der Waals surface area contributed by atoms with Gasteiger partial charge in [-0.1, -0.05) is 20.8 Å². The molecule has 1 aliphatic rings. The lowest BCUT2D eigenvalue weighted by molar-refractivity contribution is 0.237. The van der Waals surface area contributed by atoms with E-state index in [1.165, 1.54) is 32.4 Å². The van der Waals surface area contributed by atoms with Gasteiger partial charge in [0.05, 0.1) is 0 Å². The van der Waals surface area contributed by atoms with Crippen LogP contribution in [0.1, 0.15) is 40.0 Å². The SMILES string of the molecule is CC(C)(C)[Si](C)(C)OCCC1CCCNC1. The first kappa shape index (κ1) is 14.2. The van der Waals surface area contributed by atoms with Gasteiger partial charge in [0.15, 0.2) is 8.32 Å². The Bertz CT molecular complexity index is 204. The van der Waals surface area contributed by atoms with E-state index < -0.39 is 8.32 Å². The lowest BCUT2D eigenvalue weighted by Crippen LogP contribution is -2.41. The van der Waals surface area contributed by atoms with Gasteiger partial charge >= 0.3 is 0 Å². The van der Waals surface area contributed by atoms with E-state index in [2.05, 4.69) is 39.2 Å². The van der Waals surface area contributed by atoms with E-state index in [0.717, 1.165) is 12.5 Å². The van der Waals surface area contributed by atoms with Crippen molar-refractivity contribution in [3.63, 3.8) is 0 Å². The van der Waals surface area contributed by atoms with Crippen LogP contribution in [0.15, 0.2) is 0 Å². The van der Waals surface area contributed by atoms with Crippen LogP contribution in [0.25, 0.3) is 0 Å². The molecule has 0 aromatic rings. The highest BCUT2D eigenvalue weighted by molar-refractivity contribution is 6.74. The molecule has 1 aliphatic heterocycles. The van der Waals surface area contributed by atoms with E-state index in [1.807, 2.05) is 0 Å². The molecule has 2 nitrogen and oxygen atoms in total. The summed E-state index contributed by atoms with van der Waals surface area (Å²) in [6, 6.07) is 0. The zero-order chi connectivity index (χ0) is 12.2. The third kappa shape index (κ3) is 4.19. The van der Waals surface area contributed by atoms with Gasteiger partial charge in [0.1, 0.15) is 0 Å².